The zero-order chi connectivity index (χ0) is 16.2. The number of carbonyl (C=O) groups excluding carboxylic acids is 1. The van der Waals surface area contributed by atoms with Crippen LogP contribution >= 0.6 is 0 Å². The van der Waals surface area contributed by atoms with Crippen molar-refractivity contribution < 1.29 is 9.53 Å². The minimum atomic E-state index is -0.353. The summed E-state index contributed by atoms with van der Waals surface area (Å²) in [5, 5.41) is 2.23. The summed E-state index contributed by atoms with van der Waals surface area (Å²) in [4.78, 5) is 12.3. The van der Waals surface area contributed by atoms with Crippen molar-refractivity contribution in [3.8, 4) is 12.3 Å². The van der Waals surface area contributed by atoms with E-state index in [2.05, 4.69) is 5.92 Å². The van der Waals surface area contributed by atoms with E-state index in [1.807, 2.05) is 49.4 Å². The summed E-state index contributed by atoms with van der Waals surface area (Å²) in [5.41, 5.74) is 2.23. The zero-order valence-corrected chi connectivity index (χ0v) is 12.8. The highest BCUT2D eigenvalue weighted by Gasteiger charge is 2.15. The number of benzene rings is 3. The van der Waals surface area contributed by atoms with Gasteiger partial charge >= 0.3 is 5.97 Å². The van der Waals surface area contributed by atoms with Gasteiger partial charge in [0.05, 0.1) is 5.56 Å². The Morgan fingerprint density at radius 3 is 2.43 bits per heavy atom. The van der Waals surface area contributed by atoms with Crippen molar-refractivity contribution in [1.29, 1.82) is 0 Å². The van der Waals surface area contributed by atoms with Crippen molar-refractivity contribution in [3.05, 3.63) is 83.4 Å². The number of terminal acetylenes is 1. The Labute approximate surface area is 135 Å². The van der Waals surface area contributed by atoms with Crippen LogP contribution in [0.4, 0.5) is 0 Å². The normalized spacial score (nSPS) is 11.7. The molecule has 3 aromatic carbocycles. The van der Waals surface area contributed by atoms with Crippen LogP contribution in [-0.4, -0.2) is 5.97 Å². The molecule has 2 nitrogen and oxygen atoms in total. The Bertz CT molecular complexity index is 880. The number of carbonyl (C=O) groups is 1. The molecule has 3 aromatic rings. The number of hydrogen-bond donors (Lipinski definition) is 0. The van der Waals surface area contributed by atoms with E-state index in [4.69, 9.17) is 11.2 Å². The molecule has 0 spiro atoms. The third-order valence-corrected chi connectivity index (χ3v) is 3.83. The first-order valence-electron chi connectivity index (χ1n) is 7.44. The average molecular weight is 300 g/mol. The molecule has 0 saturated carbocycles. The molecule has 3 rings (SSSR count). The fourth-order valence-corrected chi connectivity index (χ4v) is 2.60. The minimum absolute atomic E-state index is 0.332. The van der Waals surface area contributed by atoms with Crippen LogP contribution in [0.15, 0.2) is 66.7 Å². The van der Waals surface area contributed by atoms with Gasteiger partial charge in [-0.25, -0.2) is 4.79 Å². The van der Waals surface area contributed by atoms with Crippen LogP contribution in [0.2, 0.25) is 0 Å². The molecule has 0 amide bonds. The molecule has 0 bridgehead atoms. The smallest absolute Gasteiger partial charge is 0.338 e. The first-order chi connectivity index (χ1) is 11.2. The Hall–Kier alpha value is -3.05. The van der Waals surface area contributed by atoms with Crippen molar-refractivity contribution in [3.63, 3.8) is 0 Å². The van der Waals surface area contributed by atoms with Crippen LogP contribution < -0.4 is 0 Å². The van der Waals surface area contributed by atoms with Gasteiger partial charge in [-0.05, 0) is 47.5 Å². The lowest BCUT2D eigenvalue weighted by atomic mass is 10.0. The van der Waals surface area contributed by atoms with Gasteiger partial charge in [0.25, 0.3) is 0 Å². The Morgan fingerprint density at radius 1 is 1.00 bits per heavy atom. The summed E-state index contributed by atoms with van der Waals surface area (Å²) in [6.07, 6.45) is 4.99. The van der Waals surface area contributed by atoms with Crippen molar-refractivity contribution >= 4 is 16.7 Å². The average Bonchev–Trinajstić information content (AvgIpc) is 2.61. The monoisotopic (exact) mass is 300 g/mol. The van der Waals surface area contributed by atoms with Crippen LogP contribution in [-0.2, 0) is 4.74 Å². The molecule has 0 heterocycles. The lowest BCUT2D eigenvalue weighted by Gasteiger charge is -2.16. The van der Waals surface area contributed by atoms with E-state index >= 15 is 0 Å². The van der Waals surface area contributed by atoms with Crippen LogP contribution in [0.25, 0.3) is 10.8 Å². The predicted octanol–water partition coefficient (Wildman–Crippen LogP) is 4.74. The number of rotatable bonds is 3. The van der Waals surface area contributed by atoms with Gasteiger partial charge < -0.3 is 4.74 Å². The van der Waals surface area contributed by atoms with Gasteiger partial charge in [-0.15, -0.1) is 6.42 Å². The third kappa shape index (κ3) is 3.09. The van der Waals surface area contributed by atoms with Gasteiger partial charge in [0, 0.05) is 5.56 Å². The molecule has 2 heteroatoms. The lowest BCUT2D eigenvalue weighted by Crippen LogP contribution is -2.09. The fourth-order valence-electron chi connectivity index (χ4n) is 2.60. The maximum Gasteiger partial charge on any atom is 0.338 e. The van der Waals surface area contributed by atoms with Gasteiger partial charge in [0.15, 0.2) is 0 Å². The summed E-state index contributed by atoms with van der Waals surface area (Å²) in [5.74, 6) is 2.17. The molecule has 0 radical (unpaired) electrons. The second kappa shape index (κ2) is 6.37. The van der Waals surface area contributed by atoms with E-state index in [9.17, 15) is 4.79 Å². The van der Waals surface area contributed by atoms with Crippen LogP contribution in [0.5, 0.6) is 0 Å². The second-order valence-corrected chi connectivity index (χ2v) is 5.34. The summed E-state index contributed by atoms with van der Waals surface area (Å²) < 4.78 is 5.61. The number of fused-ring (bicyclic) bond motifs is 1. The Kier molecular flexibility index (Phi) is 4.12. The SMILES string of the molecule is C#Cc1ccc(C(=O)O[C@H](C)c2cccc3ccccc23)cc1. The molecular formula is C21H16O2. The third-order valence-electron chi connectivity index (χ3n) is 3.83. The molecular weight excluding hydrogens is 284 g/mol. The number of ether oxygens (including phenoxy) is 1. The standard InChI is InChI=1S/C21H16O2/c1-3-16-11-13-18(14-12-16)21(22)23-15(2)19-10-6-8-17-7-4-5-9-20(17)19/h1,4-15H,2H3/t15-/m1/s1. The summed E-state index contributed by atoms with van der Waals surface area (Å²) >= 11 is 0. The Balaban J connectivity index is 1.84. The summed E-state index contributed by atoms with van der Waals surface area (Å²) in [6.45, 7) is 1.88. The highest BCUT2D eigenvalue weighted by Crippen LogP contribution is 2.27. The summed E-state index contributed by atoms with van der Waals surface area (Å²) in [7, 11) is 0. The molecule has 0 unspecified atom stereocenters. The van der Waals surface area contributed by atoms with Gasteiger partial charge in [-0.2, -0.15) is 0 Å². The lowest BCUT2D eigenvalue weighted by molar-refractivity contribution is 0.0341. The van der Waals surface area contributed by atoms with Gasteiger partial charge in [0.2, 0.25) is 0 Å². The predicted molar refractivity (Wildman–Crippen MR) is 92.2 cm³/mol. The first kappa shape index (κ1) is 14.9. The number of esters is 1. The first-order valence-corrected chi connectivity index (χ1v) is 7.44. The minimum Gasteiger partial charge on any atom is -0.454 e. The Morgan fingerprint density at radius 2 is 1.70 bits per heavy atom. The van der Waals surface area contributed by atoms with E-state index in [1.54, 1.807) is 24.3 Å². The molecule has 0 fully saturated rings. The zero-order valence-electron chi connectivity index (χ0n) is 12.8. The molecule has 0 aliphatic carbocycles. The highest BCUT2D eigenvalue weighted by atomic mass is 16.5. The van der Waals surface area contributed by atoms with Crippen LogP contribution in [0.1, 0.15) is 34.5 Å². The van der Waals surface area contributed by atoms with Crippen LogP contribution in [0, 0.1) is 12.3 Å². The molecule has 0 aromatic heterocycles. The fraction of sp³-hybridized carbons (Fsp3) is 0.0952. The molecule has 0 aliphatic heterocycles. The number of hydrogen-bond acceptors (Lipinski definition) is 2. The maximum atomic E-state index is 12.3. The van der Waals surface area contributed by atoms with Crippen LogP contribution in [0.3, 0.4) is 0 Å². The van der Waals surface area contributed by atoms with E-state index in [-0.39, 0.29) is 12.1 Å². The van der Waals surface area contributed by atoms with Crippen molar-refractivity contribution in [2.75, 3.05) is 0 Å². The topological polar surface area (TPSA) is 26.3 Å². The van der Waals surface area contributed by atoms with Gasteiger partial charge in [0.1, 0.15) is 6.10 Å². The highest BCUT2D eigenvalue weighted by molar-refractivity contribution is 5.90. The maximum absolute atomic E-state index is 12.3. The molecule has 112 valence electrons. The van der Waals surface area contributed by atoms with E-state index in [1.165, 1.54) is 0 Å². The molecule has 1 atom stereocenters. The van der Waals surface area contributed by atoms with Crippen molar-refractivity contribution in [1.82, 2.24) is 0 Å². The van der Waals surface area contributed by atoms with E-state index in [0.717, 1.165) is 21.9 Å². The summed E-state index contributed by atoms with van der Waals surface area (Å²) in [6, 6.07) is 20.9. The largest absolute Gasteiger partial charge is 0.454 e. The molecule has 0 saturated heterocycles. The second-order valence-electron chi connectivity index (χ2n) is 5.34. The van der Waals surface area contributed by atoms with E-state index in [0.29, 0.717) is 5.56 Å². The molecule has 0 N–H and O–H groups in total. The molecule has 23 heavy (non-hydrogen) atoms. The van der Waals surface area contributed by atoms with Crippen molar-refractivity contribution in [2.24, 2.45) is 0 Å². The van der Waals surface area contributed by atoms with Gasteiger partial charge in [-0.3, -0.25) is 0 Å². The van der Waals surface area contributed by atoms with Gasteiger partial charge in [-0.1, -0.05) is 48.4 Å². The van der Waals surface area contributed by atoms with Crippen molar-refractivity contribution in [2.45, 2.75) is 13.0 Å². The van der Waals surface area contributed by atoms with E-state index < -0.39 is 0 Å². The molecule has 0 aliphatic rings. The quantitative estimate of drug-likeness (QED) is 0.516.